The van der Waals surface area contributed by atoms with E-state index in [1.165, 1.54) is 21.3 Å². The summed E-state index contributed by atoms with van der Waals surface area (Å²) in [4.78, 5) is 0. The third kappa shape index (κ3) is 18.3. The van der Waals surface area contributed by atoms with E-state index in [0.717, 1.165) is 44.5 Å². The van der Waals surface area contributed by atoms with E-state index in [1.807, 2.05) is 13.8 Å². The van der Waals surface area contributed by atoms with Crippen molar-refractivity contribution in [1.82, 2.24) is 0 Å². The van der Waals surface area contributed by atoms with Gasteiger partial charge in [0.15, 0.2) is 0 Å². The molecule has 122 heavy (non-hydrogen) atoms. The second kappa shape index (κ2) is 42.8. The fourth-order valence-corrected chi connectivity index (χ4v) is 16.1. The van der Waals surface area contributed by atoms with Gasteiger partial charge in [-0.15, -0.1) is 49.0 Å². The van der Waals surface area contributed by atoms with Crippen molar-refractivity contribution in [3.8, 4) is 273 Å². The molecule has 0 saturated heterocycles. The minimum Gasteiger partial charge on any atom is -0.115 e. The first-order chi connectivity index (χ1) is 58.4. The van der Waals surface area contributed by atoms with Gasteiger partial charge in [0.05, 0.1) is 66.5 Å². The number of hydrogen-bond donors (Lipinski definition) is 0. The van der Waals surface area contributed by atoms with Crippen LogP contribution in [0.2, 0.25) is 0 Å². The molecule has 8 aromatic carbocycles. The van der Waals surface area contributed by atoms with Gasteiger partial charge < -0.3 is 0 Å². The number of rotatable bonds is 15. The second-order valence-electron chi connectivity index (χ2n) is 28.2. The molecule has 0 amide bonds. The van der Waals surface area contributed by atoms with E-state index in [0.29, 0.717) is 98.5 Å². The minimum absolute atomic E-state index is 0.0340. The molecule has 8 rings (SSSR count). The van der Waals surface area contributed by atoms with Gasteiger partial charge in [-0.25, -0.2) is 0 Å². The van der Waals surface area contributed by atoms with Crippen molar-refractivity contribution in [2.75, 3.05) is 0 Å². The number of aryl methyl sites for hydroxylation is 6. The normalized spacial score (nSPS) is 9.11. The predicted molar refractivity (Wildman–Crippen MR) is 555 cm³/mol. The van der Waals surface area contributed by atoms with Crippen molar-refractivity contribution < 1.29 is 0 Å². The molecule has 8 aromatic rings. The number of benzene rings is 8. The van der Waals surface area contributed by atoms with Crippen molar-refractivity contribution in [3.63, 3.8) is 0 Å². The van der Waals surface area contributed by atoms with E-state index in [4.69, 9.17) is 156 Å². The van der Waals surface area contributed by atoms with Crippen molar-refractivity contribution in [2.24, 2.45) is 0 Å². The van der Waals surface area contributed by atoms with Crippen LogP contribution in [0.4, 0.5) is 0 Å². The Morgan fingerprint density at radius 1 is 0.262 bits per heavy atom. The Balaban J connectivity index is 2.11. The molecule has 0 N–H and O–H groups in total. The smallest absolute Gasteiger partial charge is 0.113 e. The molecule has 0 fully saturated rings. The molecule has 0 aromatic heterocycles. The zero-order chi connectivity index (χ0) is 90.0. The highest BCUT2D eigenvalue weighted by Gasteiger charge is 2.43. The minimum atomic E-state index is -1.37. The summed E-state index contributed by atoms with van der Waals surface area (Å²) in [6, 6.07) is 0. The number of fused-ring (bicyclic) bond motifs is 6. The molecule has 35 radical (unpaired) electrons. The van der Waals surface area contributed by atoms with Crippen LogP contribution < -0.4 is 32.8 Å². The third-order valence-electron chi connectivity index (χ3n) is 21.8. The van der Waals surface area contributed by atoms with E-state index in [-0.39, 0.29) is 66.0 Å². The molecule has 0 atom stereocenters. The standard InChI is InChI=1S/C93H44B29/c1-19-27-33-37-39-40-43-48-55-73-74-64(17)66(26-8)67(49-25-7)70(50-32-24-6)81(74)82-71(53-44-31-23-5)68(51-45-36-30-22-4)69(52-46-41-35-29-21-3)72(54-47-42-38-34-28-20-2)83(82)84(73)86-77-62(15)58(11)56(9)60(13)75(77)85(76-61(14)57(10)59(12)63(16)78(76)86)79-65(18)80-87(88(94)89(79)110-95)91(116(121(107)108)122(109)112-97)93(115(119(103)104)120(105)106)92(114(111-96)118(101)102)90(80)113(98)117(99)100/h1-2,4,6,8H,3,5,7,9-18H3. The highest BCUT2D eigenvalue weighted by molar-refractivity contribution is 7.89. The van der Waals surface area contributed by atoms with Crippen LogP contribution in [0.5, 0.6) is 0 Å². The summed E-state index contributed by atoms with van der Waals surface area (Å²) in [6.07, 6.45) is 22.0. The van der Waals surface area contributed by atoms with Crippen LogP contribution in [0.1, 0.15) is 121 Å². The lowest BCUT2D eigenvalue weighted by Gasteiger charge is -2.42. The Kier molecular flexibility index (Phi) is 33.4. The quantitative estimate of drug-likeness (QED) is 0.0533. The van der Waals surface area contributed by atoms with Gasteiger partial charge in [0.2, 0.25) is 0 Å². The van der Waals surface area contributed by atoms with Crippen LogP contribution in [0.15, 0.2) is 0 Å². The van der Waals surface area contributed by atoms with Crippen molar-refractivity contribution >= 4 is 296 Å². The van der Waals surface area contributed by atoms with E-state index in [2.05, 4.69) is 274 Å². The Hall–Kier alpha value is -12.3. The molecule has 29 heteroatoms. The molecule has 0 aliphatic rings. The number of terminal acetylenes is 5. The van der Waals surface area contributed by atoms with Crippen LogP contribution in [0.3, 0.4) is 0 Å². The summed E-state index contributed by atoms with van der Waals surface area (Å²) >= 11 is 0. The van der Waals surface area contributed by atoms with Gasteiger partial charge in [0.1, 0.15) is 7.85 Å². The summed E-state index contributed by atoms with van der Waals surface area (Å²) in [5.74, 6) is 108. The average molecular weight is 1470 g/mol. The van der Waals surface area contributed by atoms with Gasteiger partial charge in [0, 0.05) is 207 Å². The summed E-state index contributed by atoms with van der Waals surface area (Å²) < 4.78 is 0. The monoisotopic (exact) mass is 1480 g/mol. The first-order valence-corrected chi connectivity index (χ1v) is 37.8. The average Bonchev–Trinajstić information content (AvgIpc) is 0.676. The fraction of sp³-hybridized carbons (Fsp3) is 0.140. The van der Waals surface area contributed by atoms with Crippen molar-refractivity contribution in [3.05, 3.63) is 100 Å². The Labute approximate surface area is 753 Å². The molecular formula is C93H44B29. The third-order valence-corrected chi connectivity index (χ3v) is 21.8. The van der Waals surface area contributed by atoms with Crippen molar-refractivity contribution in [2.45, 2.75) is 90.0 Å². The van der Waals surface area contributed by atoms with Gasteiger partial charge in [0.25, 0.3) is 0 Å². The summed E-state index contributed by atoms with van der Waals surface area (Å²) in [5, 5.41) is 4.73. The maximum absolute atomic E-state index is 8.19. The van der Waals surface area contributed by atoms with Gasteiger partial charge in [-0.3, -0.25) is 0 Å². The molecule has 0 saturated carbocycles. The highest BCUT2D eigenvalue weighted by atomic mass is 14.4. The highest BCUT2D eigenvalue weighted by Crippen LogP contribution is 2.56. The first kappa shape index (κ1) is 95.2. The molecule has 0 aliphatic heterocycles. The van der Waals surface area contributed by atoms with Gasteiger partial charge in [-0.2, -0.15) is 0 Å². The number of hydrogen-bond acceptors (Lipinski definition) is 0. The van der Waals surface area contributed by atoms with Crippen molar-refractivity contribution in [1.29, 1.82) is 0 Å². The lowest BCUT2D eigenvalue weighted by Crippen LogP contribution is -2.80. The van der Waals surface area contributed by atoms with E-state index >= 15 is 0 Å². The summed E-state index contributed by atoms with van der Waals surface area (Å²) in [5.41, 5.74) is 13.0. The molecule has 0 bridgehead atoms. The molecule has 0 heterocycles. The van der Waals surface area contributed by atoms with Gasteiger partial charge in [-0.05, 0) is 349 Å². The summed E-state index contributed by atoms with van der Waals surface area (Å²) in [7, 11) is 117. The molecule has 503 valence electrons. The van der Waals surface area contributed by atoms with Gasteiger partial charge >= 0.3 is 0 Å². The lowest BCUT2D eigenvalue weighted by atomic mass is 8.66. The Bertz CT molecular complexity index is 7220. The first-order valence-electron chi connectivity index (χ1n) is 37.8. The fourth-order valence-electron chi connectivity index (χ4n) is 16.1. The van der Waals surface area contributed by atoms with Crippen LogP contribution in [-0.4, -0.2) is 209 Å². The van der Waals surface area contributed by atoms with Gasteiger partial charge in [-0.1, -0.05) is 81.1 Å². The molecular weight excluding hydrogens is 1430 g/mol. The zero-order valence-electron chi connectivity index (χ0n) is 70.1. The lowest BCUT2D eigenvalue weighted by molar-refractivity contribution is 1.24. The second-order valence-corrected chi connectivity index (χ2v) is 28.2. The molecule has 0 unspecified atom stereocenters. The topological polar surface area (TPSA) is 0 Å². The van der Waals surface area contributed by atoms with E-state index in [9.17, 15) is 0 Å². The Morgan fingerprint density at radius 3 is 1.02 bits per heavy atom. The van der Waals surface area contributed by atoms with Crippen LogP contribution in [0, 0.1) is 320 Å². The molecule has 0 aliphatic carbocycles. The van der Waals surface area contributed by atoms with Crippen LogP contribution in [-0.2, 0) is 0 Å². The van der Waals surface area contributed by atoms with E-state index in [1.54, 1.807) is 20.8 Å². The Morgan fingerprint density at radius 2 is 0.631 bits per heavy atom. The SMILES string of the molecule is [B][B]B([B])B(B([B])[B])c1c(B(B([B])[B])B([B])[B])c(B([B][B])B([B])[B])c(B([B])B([B])[B])c2c(C)c(-c3c4c(C)c(C)c(C)c(C)c4c(-c4c(C#CC#CC#CC#CC#C)c5c(C)c(C#C)c(C#CC)c(C#CC#C)c5c5c(C#CC#CC)c(C#CC#CC#C)c(C#CC#CC#CC)c(C#CC#CC#CC#C)c45)c4c(C)c(C)c(C)c(C)c34)c([B][B])c([B])c12. The predicted octanol–water partition coefficient (Wildman–Crippen LogP) is -1.06. The largest absolute Gasteiger partial charge is 0.115 e. The molecule has 0 spiro atoms. The molecule has 0 nitrogen and oxygen atoms in total. The maximum atomic E-state index is 8.19. The maximum Gasteiger partial charge on any atom is 0.113 e. The summed E-state index contributed by atoms with van der Waals surface area (Å²) in [6.45, 7) is 20.2. The van der Waals surface area contributed by atoms with Crippen LogP contribution >= 0.6 is 0 Å². The van der Waals surface area contributed by atoms with E-state index < -0.39 is 64.3 Å². The zero-order valence-corrected chi connectivity index (χ0v) is 70.1. The van der Waals surface area contributed by atoms with Crippen LogP contribution in [0.25, 0.3) is 76.1 Å².